The maximum atomic E-state index is 12.3. The molecule has 1 aromatic heterocycles. The average Bonchev–Trinajstić information content (AvgIpc) is 3.03. The van der Waals surface area contributed by atoms with E-state index in [2.05, 4.69) is 33.2 Å². The SMILES string of the molecule is CCC1CC(C(=O)Nc2nc(C(C)(CO)c3ccc(Br)cc3)cs2)C1. The van der Waals surface area contributed by atoms with Gasteiger partial charge in [0, 0.05) is 15.8 Å². The van der Waals surface area contributed by atoms with Gasteiger partial charge in [-0.25, -0.2) is 4.98 Å². The van der Waals surface area contributed by atoms with Gasteiger partial charge in [0.25, 0.3) is 0 Å². The molecule has 1 unspecified atom stereocenters. The second-order valence-corrected chi connectivity index (χ2v) is 8.74. The molecule has 0 aliphatic heterocycles. The minimum Gasteiger partial charge on any atom is -0.395 e. The number of hydrogen-bond donors (Lipinski definition) is 2. The highest BCUT2D eigenvalue weighted by Crippen LogP contribution is 2.38. The van der Waals surface area contributed by atoms with Gasteiger partial charge in [-0.15, -0.1) is 11.3 Å². The molecule has 6 heteroatoms. The van der Waals surface area contributed by atoms with E-state index >= 15 is 0 Å². The van der Waals surface area contributed by atoms with Gasteiger partial charge in [-0.3, -0.25) is 4.79 Å². The number of aliphatic hydroxyl groups excluding tert-OH is 1. The fourth-order valence-corrected chi connectivity index (χ4v) is 4.32. The number of hydrogen-bond acceptors (Lipinski definition) is 4. The Morgan fingerprint density at radius 3 is 2.68 bits per heavy atom. The molecule has 1 heterocycles. The summed E-state index contributed by atoms with van der Waals surface area (Å²) in [6.45, 7) is 4.09. The van der Waals surface area contributed by atoms with Crippen LogP contribution < -0.4 is 5.32 Å². The maximum absolute atomic E-state index is 12.3. The predicted molar refractivity (Wildman–Crippen MR) is 105 cm³/mol. The molecule has 3 rings (SSSR count). The minimum atomic E-state index is -0.593. The molecule has 25 heavy (non-hydrogen) atoms. The molecule has 1 saturated carbocycles. The van der Waals surface area contributed by atoms with Crippen LogP contribution in [-0.2, 0) is 10.2 Å². The zero-order chi connectivity index (χ0) is 18.0. The molecule has 0 bridgehead atoms. The van der Waals surface area contributed by atoms with Crippen LogP contribution in [0.25, 0.3) is 0 Å². The lowest BCUT2D eigenvalue weighted by Gasteiger charge is -2.33. The summed E-state index contributed by atoms with van der Waals surface area (Å²) in [5.41, 5.74) is 1.17. The van der Waals surface area contributed by atoms with Crippen LogP contribution in [0.15, 0.2) is 34.1 Å². The quantitative estimate of drug-likeness (QED) is 0.715. The van der Waals surface area contributed by atoms with E-state index in [0.717, 1.165) is 35.0 Å². The number of carbonyl (C=O) groups excluding carboxylic acids is 1. The van der Waals surface area contributed by atoms with Crippen LogP contribution in [-0.4, -0.2) is 22.6 Å². The fourth-order valence-electron chi connectivity index (χ4n) is 3.21. The van der Waals surface area contributed by atoms with E-state index in [1.54, 1.807) is 0 Å². The number of halogens is 1. The average molecular weight is 423 g/mol. The van der Waals surface area contributed by atoms with Crippen molar-refractivity contribution >= 4 is 38.3 Å². The van der Waals surface area contributed by atoms with Crippen LogP contribution in [0, 0.1) is 11.8 Å². The highest BCUT2D eigenvalue weighted by Gasteiger charge is 2.34. The predicted octanol–water partition coefficient (Wildman–Crippen LogP) is 4.58. The number of rotatable bonds is 6. The summed E-state index contributed by atoms with van der Waals surface area (Å²) in [6.07, 6.45) is 3.11. The number of nitrogens with one attached hydrogen (secondary N) is 1. The van der Waals surface area contributed by atoms with Crippen LogP contribution in [0.5, 0.6) is 0 Å². The highest BCUT2D eigenvalue weighted by atomic mass is 79.9. The lowest BCUT2D eigenvalue weighted by molar-refractivity contribution is -0.123. The van der Waals surface area contributed by atoms with Crippen molar-refractivity contribution in [3.63, 3.8) is 0 Å². The number of amides is 1. The number of benzene rings is 1. The summed E-state index contributed by atoms with van der Waals surface area (Å²) < 4.78 is 0.994. The number of nitrogens with zero attached hydrogens (tertiary/aromatic N) is 1. The van der Waals surface area contributed by atoms with Crippen molar-refractivity contribution in [3.05, 3.63) is 45.4 Å². The van der Waals surface area contributed by atoms with Gasteiger partial charge in [-0.1, -0.05) is 41.4 Å². The largest absolute Gasteiger partial charge is 0.395 e. The van der Waals surface area contributed by atoms with Gasteiger partial charge in [0.1, 0.15) is 0 Å². The number of aliphatic hydroxyl groups is 1. The Morgan fingerprint density at radius 1 is 1.40 bits per heavy atom. The molecule has 1 atom stereocenters. The topological polar surface area (TPSA) is 62.2 Å². The first kappa shape index (κ1) is 18.5. The zero-order valence-corrected chi connectivity index (χ0v) is 16.9. The van der Waals surface area contributed by atoms with Crippen molar-refractivity contribution in [2.24, 2.45) is 11.8 Å². The van der Waals surface area contributed by atoms with Gasteiger partial charge in [0.05, 0.1) is 17.7 Å². The van der Waals surface area contributed by atoms with Crippen molar-refractivity contribution in [1.29, 1.82) is 0 Å². The molecule has 1 amide bonds. The van der Waals surface area contributed by atoms with E-state index in [1.165, 1.54) is 11.3 Å². The number of carbonyl (C=O) groups is 1. The third kappa shape index (κ3) is 3.81. The summed E-state index contributed by atoms with van der Waals surface area (Å²) in [7, 11) is 0. The first-order chi connectivity index (χ1) is 12.0. The molecule has 2 aromatic rings. The second-order valence-electron chi connectivity index (χ2n) is 6.97. The van der Waals surface area contributed by atoms with Crippen molar-refractivity contribution in [3.8, 4) is 0 Å². The summed E-state index contributed by atoms with van der Waals surface area (Å²) >= 11 is 4.85. The Hall–Kier alpha value is -1.24. The smallest absolute Gasteiger partial charge is 0.229 e. The lowest BCUT2D eigenvalue weighted by Crippen LogP contribution is -2.34. The van der Waals surface area contributed by atoms with E-state index in [1.807, 2.05) is 36.6 Å². The Balaban J connectivity index is 1.73. The summed E-state index contributed by atoms with van der Waals surface area (Å²) in [4.78, 5) is 16.9. The van der Waals surface area contributed by atoms with Gasteiger partial charge < -0.3 is 10.4 Å². The molecule has 4 nitrogen and oxygen atoms in total. The Morgan fingerprint density at radius 2 is 2.08 bits per heavy atom. The molecule has 1 fully saturated rings. The minimum absolute atomic E-state index is 0.0491. The van der Waals surface area contributed by atoms with Gasteiger partial charge in [0.15, 0.2) is 5.13 Å². The molecular formula is C19H23BrN2O2S. The Kier molecular flexibility index (Phi) is 5.61. The van der Waals surface area contributed by atoms with E-state index in [9.17, 15) is 9.90 Å². The molecule has 134 valence electrons. The van der Waals surface area contributed by atoms with Crippen LogP contribution in [0.2, 0.25) is 0 Å². The second kappa shape index (κ2) is 7.56. The summed E-state index contributed by atoms with van der Waals surface area (Å²) in [5, 5.41) is 15.5. The van der Waals surface area contributed by atoms with Crippen LogP contribution in [0.4, 0.5) is 5.13 Å². The Bertz CT molecular complexity index is 740. The first-order valence-corrected chi connectivity index (χ1v) is 10.3. The highest BCUT2D eigenvalue weighted by molar-refractivity contribution is 9.10. The van der Waals surface area contributed by atoms with Crippen molar-refractivity contribution in [1.82, 2.24) is 4.98 Å². The number of thiazole rings is 1. The van der Waals surface area contributed by atoms with Crippen LogP contribution >= 0.6 is 27.3 Å². The molecule has 1 aliphatic rings. The summed E-state index contributed by atoms with van der Waals surface area (Å²) in [6, 6.07) is 7.88. The molecular weight excluding hydrogens is 400 g/mol. The number of aromatic nitrogens is 1. The van der Waals surface area contributed by atoms with E-state index in [-0.39, 0.29) is 18.4 Å². The van der Waals surface area contributed by atoms with E-state index < -0.39 is 5.41 Å². The molecule has 0 spiro atoms. The van der Waals surface area contributed by atoms with Crippen LogP contribution in [0.3, 0.4) is 0 Å². The zero-order valence-electron chi connectivity index (χ0n) is 14.5. The molecule has 0 saturated heterocycles. The third-order valence-corrected chi connectivity index (χ3v) is 6.57. The number of anilines is 1. The Labute approximate surface area is 160 Å². The van der Waals surface area contributed by atoms with Crippen molar-refractivity contribution in [2.45, 2.75) is 38.5 Å². The van der Waals surface area contributed by atoms with Gasteiger partial charge >= 0.3 is 0 Å². The van der Waals surface area contributed by atoms with Crippen LogP contribution in [0.1, 0.15) is 44.4 Å². The normalized spacial score (nSPS) is 22.1. The van der Waals surface area contributed by atoms with Crippen molar-refractivity contribution in [2.75, 3.05) is 11.9 Å². The van der Waals surface area contributed by atoms with Gasteiger partial charge in [-0.2, -0.15) is 0 Å². The van der Waals surface area contributed by atoms with E-state index in [0.29, 0.717) is 11.0 Å². The monoisotopic (exact) mass is 422 g/mol. The fraction of sp³-hybridized carbons (Fsp3) is 0.474. The molecule has 0 radical (unpaired) electrons. The maximum Gasteiger partial charge on any atom is 0.229 e. The standard InChI is InChI=1S/C19H23BrN2O2S/c1-3-12-8-13(9-12)17(24)22-18-21-16(10-25-18)19(2,11-23)14-4-6-15(20)7-5-14/h4-7,10,12-13,23H,3,8-9,11H2,1-2H3,(H,21,22,24). The van der Waals surface area contributed by atoms with Gasteiger partial charge in [0.2, 0.25) is 5.91 Å². The van der Waals surface area contributed by atoms with E-state index in [4.69, 9.17) is 0 Å². The third-order valence-electron chi connectivity index (χ3n) is 5.28. The lowest BCUT2D eigenvalue weighted by atomic mass is 9.73. The summed E-state index contributed by atoms with van der Waals surface area (Å²) in [5.74, 6) is 0.880. The molecule has 1 aliphatic carbocycles. The van der Waals surface area contributed by atoms with Gasteiger partial charge in [-0.05, 0) is 43.4 Å². The molecule has 1 aromatic carbocycles. The van der Waals surface area contributed by atoms with Crippen molar-refractivity contribution < 1.29 is 9.90 Å². The first-order valence-electron chi connectivity index (χ1n) is 8.60. The molecule has 2 N–H and O–H groups in total.